The molecule has 0 N–H and O–H groups in total. The Morgan fingerprint density at radius 2 is 0.812 bits per heavy atom. The Labute approximate surface area is 376 Å². The lowest BCUT2D eigenvalue weighted by atomic mass is 9.74. The van der Waals surface area contributed by atoms with E-state index in [1.54, 1.807) is 0 Å². The van der Waals surface area contributed by atoms with Crippen LogP contribution in [-0.4, -0.2) is 28.3 Å². The van der Waals surface area contributed by atoms with E-state index in [2.05, 4.69) is 215 Å². The second-order valence-electron chi connectivity index (χ2n) is 17.3. The Balaban J connectivity index is 1.16. The molecule has 310 valence electrons. The lowest BCUT2D eigenvalue weighted by Gasteiger charge is -2.32. The molecule has 0 spiro atoms. The van der Waals surface area contributed by atoms with E-state index in [0.29, 0.717) is 5.82 Å². The molecule has 1 aliphatic rings. The van der Waals surface area contributed by atoms with Gasteiger partial charge in [0, 0.05) is 33.6 Å². The second kappa shape index (κ2) is 17.1. The first kappa shape index (κ1) is 40.7. The van der Waals surface area contributed by atoms with E-state index in [0.717, 1.165) is 72.9 Å². The summed E-state index contributed by atoms with van der Waals surface area (Å²) >= 11 is 0. The summed E-state index contributed by atoms with van der Waals surface area (Å²) in [6.07, 6.45) is 0. The molecule has 1 saturated heterocycles. The van der Waals surface area contributed by atoms with Crippen molar-refractivity contribution in [2.24, 2.45) is 0 Å². The molecule has 0 amide bonds. The zero-order chi connectivity index (χ0) is 43.7. The predicted octanol–water partition coefficient (Wildman–Crippen LogP) is 14.2. The largest absolute Gasteiger partial charge is 0.495 e. The number of aromatic nitrogens is 2. The molecule has 1 aromatic heterocycles. The van der Waals surface area contributed by atoms with Crippen LogP contribution in [0, 0.1) is 0 Å². The van der Waals surface area contributed by atoms with Crippen LogP contribution < -0.4 is 10.4 Å². The number of benzene rings is 8. The normalized spacial score (nSPS) is 14.0. The average molecular weight is 830 g/mol. The van der Waals surface area contributed by atoms with E-state index in [1.165, 1.54) is 11.1 Å². The minimum absolute atomic E-state index is 0.548. The van der Waals surface area contributed by atoms with Crippen molar-refractivity contribution in [1.29, 1.82) is 0 Å². The van der Waals surface area contributed by atoms with Gasteiger partial charge in [-0.2, -0.15) is 0 Å². The molecule has 0 aliphatic carbocycles. The molecule has 1 fully saturated rings. The van der Waals surface area contributed by atoms with Gasteiger partial charge in [0.05, 0.1) is 28.3 Å². The summed E-state index contributed by atoms with van der Waals surface area (Å²) in [7, 11) is -0.637. The van der Waals surface area contributed by atoms with Gasteiger partial charge in [-0.05, 0) is 97.4 Å². The molecule has 64 heavy (non-hydrogen) atoms. The van der Waals surface area contributed by atoms with Crippen molar-refractivity contribution in [2.75, 3.05) is 4.90 Å². The van der Waals surface area contributed by atoms with E-state index >= 15 is 0 Å². The van der Waals surface area contributed by atoms with Gasteiger partial charge >= 0.3 is 7.12 Å². The highest BCUT2D eigenvalue weighted by atomic mass is 16.7. The Hall–Kier alpha value is -7.38. The third-order valence-corrected chi connectivity index (χ3v) is 12.6. The molecule has 0 radical (unpaired) electrons. The summed E-state index contributed by atoms with van der Waals surface area (Å²) in [6.45, 7) is 8.37. The van der Waals surface area contributed by atoms with Gasteiger partial charge in [-0.3, -0.25) is 0 Å². The van der Waals surface area contributed by atoms with Crippen LogP contribution in [-0.2, 0) is 9.31 Å². The Morgan fingerprint density at radius 1 is 0.375 bits per heavy atom. The van der Waals surface area contributed by atoms with Gasteiger partial charge in [0.25, 0.3) is 0 Å². The summed E-state index contributed by atoms with van der Waals surface area (Å²) in [5.74, 6) is 0.640. The molecule has 10 rings (SSSR count). The standard InChI is InChI=1S/C58H48BN3O2/c1-57(2)58(3,4)64-59(63-57)52-38-37-49(39-51(52)54-40-53(46-23-13-7-14-24-46)60-56(61-54)47-25-15-8-16-26-47)62(55-28-18-17-27-50(55)45-21-11-6-12-22-45)48-35-33-44(34-36-48)43-31-29-42(30-32-43)41-19-9-5-10-20-41/h5-40H,1-4H3. The summed E-state index contributed by atoms with van der Waals surface area (Å²) in [5, 5.41) is 0. The first-order chi connectivity index (χ1) is 31.2. The van der Waals surface area contributed by atoms with Gasteiger partial charge < -0.3 is 14.2 Å². The molecule has 0 unspecified atom stereocenters. The van der Waals surface area contributed by atoms with Crippen LogP contribution in [0.1, 0.15) is 27.7 Å². The van der Waals surface area contributed by atoms with Crippen LogP contribution in [0.25, 0.3) is 67.3 Å². The summed E-state index contributed by atoms with van der Waals surface area (Å²) in [6, 6.07) is 76.5. The number of hydrogen-bond acceptors (Lipinski definition) is 5. The molecule has 2 heterocycles. The fourth-order valence-electron chi connectivity index (χ4n) is 8.39. The monoisotopic (exact) mass is 829 g/mol. The van der Waals surface area contributed by atoms with E-state index < -0.39 is 18.3 Å². The summed E-state index contributed by atoms with van der Waals surface area (Å²) in [4.78, 5) is 12.8. The fraction of sp³-hybridized carbons (Fsp3) is 0.103. The lowest BCUT2D eigenvalue weighted by molar-refractivity contribution is 0.00578. The fourth-order valence-corrected chi connectivity index (χ4v) is 8.39. The Kier molecular flexibility index (Phi) is 10.8. The van der Waals surface area contributed by atoms with Gasteiger partial charge in [-0.15, -0.1) is 0 Å². The molecular weight excluding hydrogens is 781 g/mol. The molecular formula is C58H48BN3O2. The van der Waals surface area contributed by atoms with E-state index in [-0.39, 0.29) is 0 Å². The molecule has 1 aliphatic heterocycles. The second-order valence-corrected chi connectivity index (χ2v) is 17.3. The average Bonchev–Trinajstić information content (AvgIpc) is 3.58. The molecule has 0 bridgehead atoms. The van der Waals surface area contributed by atoms with E-state index in [9.17, 15) is 0 Å². The van der Waals surface area contributed by atoms with Crippen LogP contribution in [0.15, 0.2) is 218 Å². The number of nitrogens with zero attached hydrogens (tertiary/aromatic N) is 3. The molecule has 8 aromatic carbocycles. The quantitative estimate of drug-likeness (QED) is 0.129. The minimum atomic E-state index is -0.637. The van der Waals surface area contributed by atoms with Crippen LogP contribution in [0.2, 0.25) is 0 Å². The highest BCUT2D eigenvalue weighted by molar-refractivity contribution is 6.64. The highest BCUT2D eigenvalue weighted by Gasteiger charge is 2.52. The number of para-hydroxylation sites is 1. The smallest absolute Gasteiger partial charge is 0.399 e. The molecule has 0 saturated carbocycles. The van der Waals surface area contributed by atoms with Gasteiger partial charge in [0.1, 0.15) is 0 Å². The Morgan fingerprint density at radius 3 is 1.39 bits per heavy atom. The van der Waals surface area contributed by atoms with Gasteiger partial charge in [0.15, 0.2) is 5.82 Å². The molecule has 0 atom stereocenters. The maximum Gasteiger partial charge on any atom is 0.495 e. The number of hydrogen-bond donors (Lipinski definition) is 0. The topological polar surface area (TPSA) is 47.5 Å². The maximum atomic E-state index is 6.80. The van der Waals surface area contributed by atoms with E-state index in [4.69, 9.17) is 19.3 Å². The maximum absolute atomic E-state index is 6.80. The number of anilines is 3. The lowest BCUT2D eigenvalue weighted by Crippen LogP contribution is -2.41. The van der Waals surface area contributed by atoms with Crippen LogP contribution in [0.5, 0.6) is 0 Å². The zero-order valence-corrected chi connectivity index (χ0v) is 36.5. The minimum Gasteiger partial charge on any atom is -0.399 e. The Bertz CT molecular complexity index is 2960. The summed E-state index contributed by atoms with van der Waals surface area (Å²) in [5.41, 5.74) is 14.2. The predicted molar refractivity (Wildman–Crippen MR) is 265 cm³/mol. The van der Waals surface area contributed by atoms with Crippen molar-refractivity contribution in [1.82, 2.24) is 9.97 Å². The molecule has 5 nitrogen and oxygen atoms in total. The molecule has 6 heteroatoms. The SMILES string of the molecule is CC1(C)OB(c2ccc(N(c3ccc(-c4ccc(-c5ccccc5)cc4)cc3)c3ccccc3-c3ccccc3)cc2-c2cc(-c3ccccc3)nc(-c3ccccc3)n2)OC1(C)C. The van der Waals surface area contributed by atoms with Crippen molar-refractivity contribution in [3.63, 3.8) is 0 Å². The first-order valence-electron chi connectivity index (χ1n) is 21.9. The van der Waals surface area contributed by atoms with Crippen LogP contribution in [0.4, 0.5) is 17.1 Å². The van der Waals surface area contributed by atoms with Crippen molar-refractivity contribution in [3.05, 3.63) is 218 Å². The first-order valence-corrected chi connectivity index (χ1v) is 21.9. The number of rotatable bonds is 10. The van der Waals surface area contributed by atoms with Crippen LogP contribution in [0.3, 0.4) is 0 Å². The third-order valence-electron chi connectivity index (χ3n) is 12.6. The van der Waals surface area contributed by atoms with E-state index in [1.807, 2.05) is 36.4 Å². The van der Waals surface area contributed by atoms with Gasteiger partial charge in [0.2, 0.25) is 0 Å². The van der Waals surface area contributed by atoms with Gasteiger partial charge in [-0.25, -0.2) is 9.97 Å². The van der Waals surface area contributed by atoms with Crippen molar-refractivity contribution in [2.45, 2.75) is 38.9 Å². The molecule has 9 aromatic rings. The highest BCUT2D eigenvalue weighted by Crippen LogP contribution is 2.44. The van der Waals surface area contributed by atoms with Gasteiger partial charge in [-0.1, -0.05) is 182 Å². The zero-order valence-electron chi connectivity index (χ0n) is 36.5. The van der Waals surface area contributed by atoms with Crippen molar-refractivity contribution >= 4 is 29.6 Å². The van der Waals surface area contributed by atoms with Crippen molar-refractivity contribution in [3.8, 4) is 67.3 Å². The third kappa shape index (κ3) is 8.06. The van der Waals surface area contributed by atoms with Crippen molar-refractivity contribution < 1.29 is 9.31 Å². The van der Waals surface area contributed by atoms with Crippen LogP contribution >= 0.6 is 0 Å². The summed E-state index contributed by atoms with van der Waals surface area (Å²) < 4.78 is 13.6.